The zero-order valence-electron chi connectivity index (χ0n) is 21.7. The summed E-state index contributed by atoms with van der Waals surface area (Å²) in [5.74, 6) is -0.450. The number of carbonyl (C=O) groups is 3. The number of urea groups is 1. The summed E-state index contributed by atoms with van der Waals surface area (Å²) in [6.07, 6.45) is 3.64. The zero-order valence-corrected chi connectivity index (χ0v) is 24.1. The molecule has 0 bridgehead atoms. The van der Waals surface area contributed by atoms with E-state index in [0.717, 1.165) is 47.6 Å². The third-order valence-electron chi connectivity index (χ3n) is 6.25. The van der Waals surface area contributed by atoms with E-state index >= 15 is 0 Å². The number of carbonyl (C=O) groups excluding carboxylic acids is 2. The molecule has 40 heavy (non-hydrogen) atoms. The van der Waals surface area contributed by atoms with Crippen LogP contribution in [0.3, 0.4) is 0 Å². The van der Waals surface area contributed by atoms with Crippen molar-refractivity contribution in [2.45, 2.75) is 37.5 Å². The minimum absolute atomic E-state index is 0.169. The number of carboxylic acid groups (broad SMARTS) is 1. The molecule has 11 heteroatoms. The van der Waals surface area contributed by atoms with Gasteiger partial charge in [-0.2, -0.15) is 5.10 Å². The van der Waals surface area contributed by atoms with Crippen molar-refractivity contribution in [3.63, 3.8) is 0 Å². The van der Waals surface area contributed by atoms with Gasteiger partial charge < -0.3 is 15.3 Å². The Balaban J connectivity index is 1.48. The normalized spacial score (nSPS) is 13.4. The first kappa shape index (κ1) is 29.5. The van der Waals surface area contributed by atoms with Gasteiger partial charge in [0.2, 0.25) is 0 Å². The van der Waals surface area contributed by atoms with Crippen LogP contribution in [0, 0.1) is 0 Å². The average Bonchev–Trinajstić information content (AvgIpc) is 3.19. The van der Waals surface area contributed by atoms with E-state index in [4.69, 9.17) is 28.3 Å². The van der Waals surface area contributed by atoms with Gasteiger partial charge in [0, 0.05) is 28.4 Å². The number of anilines is 2. The molecule has 0 radical (unpaired) electrons. The summed E-state index contributed by atoms with van der Waals surface area (Å²) >= 11 is 13.6. The predicted octanol–water partition coefficient (Wildman–Crippen LogP) is 7.09. The number of rotatable bonds is 11. The van der Waals surface area contributed by atoms with Gasteiger partial charge in [-0.1, -0.05) is 55.1 Å². The Morgan fingerprint density at radius 3 is 2.48 bits per heavy atom. The molecule has 3 aromatic carbocycles. The number of benzene rings is 3. The van der Waals surface area contributed by atoms with E-state index in [1.165, 1.54) is 6.07 Å². The number of nitrogens with one attached hydrogen (secondary N) is 2. The molecule has 0 fully saturated rings. The SMILES string of the molecule is CCCCCN1C(=O)C(=NNC(=O)Nc2ccc(Cl)c(Cl)c2)c2cc(SCCc3ccc(C(=O)O)cc3)ccc21. The van der Waals surface area contributed by atoms with Crippen molar-refractivity contribution in [1.29, 1.82) is 0 Å². The quantitative estimate of drug-likeness (QED) is 0.124. The number of hydrazone groups is 1. The number of amides is 3. The number of fused-ring (bicyclic) bond motifs is 1. The minimum Gasteiger partial charge on any atom is -0.478 e. The Labute approximate surface area is 246 Å². The molecule has 208 valence electrons. The summed E-state index contributed by atoms with van der Waals surface area (Å²) < 4.78 is 0. The van der Waals surface area contributed by atoms with Crippen LogP contribution in [0.5, 0.6) is 0 Å². The molecule has 0 spiro atoms. The lowest BCUT2D eigenvalue weighted by Gasteiger charge is -2.16. The van der Waals surface area contributed by atoms with Crippen LogP contribution in [-0.4, -0.2) is 41.0 Å². The maximum absolute atomic E-state index is 13.3. The van der Waals surface area contributed by atoms with Crippen molar-refractivity contribution in [3.05, 3.63) is 87.4 Å². The first-order chi connectivity index (χ1) is 19.3. The topological polar surface area (TPSA) is 111 Å². The Hall–Kier alpha value is -3.53. The fourth-order valence-corrected chi connectivity index (χ4v) is 5.41. The Kier molecular flexibility index (Phi) is 10.1. The van der Waals surface area contributed by atoms with Gasteiger partial charge in [-0.05, 0) is 66.9 Å². The monoisotopic (exact) mass is 598 g/mol. The van der Waals surface area contributed by atoms with Gasteiger partial charge in [0.25, 0.3) is 5.91 Å². The Bertz CT molecular complexity index is 1450. The molecule has 1 aliphatic heterocycles. The number of unbranched alkanes of at least 4 members (excludes halogenated alkanes) is 2. The highest BCUT2D eigenvalue weighted by Crippen LogP contribution is 2.34. The molecule has 0 saturated heterocycles. The highest BCUT2D eigenvalue weighted by molar-refractivity contribution is 7.99. The largest absolute Gasteiger partial charge is 0.478 e. The van der Waals surface area contributed by atoms with Crippen molar-refractivity contribution >= 4 is 70.0 Å². The Morgan fingerprint density at radius 1 is 1.00 bits per heavy atom. The maximum atomic E-state index is 13.3. The van der Waals surface area contributed by atoms with Gasteiger partial charge in [0.05, 0.1) is 21.3 Å². The molecule has 3 aromatic rings. The zero-order chi connectivity index (χ0) is 28.6. The Morgan fingerprint density at radius 2 is 1.77 bits per heavy atom. The second-order valence-electron chi connectivity index (χ2n) is 9.10. The van der Waals surface area contributed by atoms with E-state index in [1.807, 2.05) is 30.3 Å². The minimum atomic E-state index is -0.948. The summed E-state index contributed by atoms with van der Waals surface area (Å²) in [6.45, 7) is 2.67. The first-order valence-corrected chi connectivity index (χ1v) is 14.5. The number of nitrogens with zero attached hydrogens (tertiary/aromatic N) is 2. The number of halogens is 2. The molecular formula is C29H28Cl2N4O4S. The van der Waals surface area contributed by atoms with Crippen molar-refractivity contribution < 1.29 is 19.5 Å². The van der Waals surface area contributed by atoms with Crippen LogP contribution in [0.15, 0.2) is 70.7 Å². The van der Waals surface area contributed by atoms with Crippen LogP contribution in [-0.2, 0) is 11.2 Å². The van der Waals surface area contributed by atoms with Gasteiger partial charge in [0.1, 0.15) is 0 Å². The summed E-state index contributed by atoms with van der Waals surface area (Å²) in [7, 11) is 0. The van der Waals surface area contributed by atoms with Crippen molar-refractivity contribution in [1.82, 2.24) is 5.43 Å². The van der Waals surface area contributed by atoms with E-state index in [-0.39, 0.29) is 17.2 Å². The van der Waals surface area contributed by atoms with Crippen LogP contribution >= 0.6 is 35.0 Å². The van der Waals surface area contributed by atoms with Crippen LogP contribution in [0.2, 0.25) is 10.0 Å². The summed E-state index contributed by atoms with van der Waals surface area (Å²) in [6, 6.07) is 16.7. The summed E-state index contributed by atoms with van der Waals surface area (Å²) in [5.41, 5.74) is 5.75. The molecule has 8 nitrogen and oxygen atoms in total. The lowest BCUT2D eigenvalue weighted by Crippen LogP contribution is -2.33. The highest BCUT2D eigenvalue weighted by atomic mass is 35.5. The third-order valence-corrected chi connectivity index (χ3v) is 7.99. The second kappa shape index (κ2) is 13.7. The van der Waals surface area contributed by atoms with E-state index in [1.54, 1.807) is 40.9 Å². The molecule has 1 aliphatic rings. The lowest BCUT2D eigenvalue weighted by molar-refractivity contribution is -0.112. The molecule has 0 aromatic heterocycles. The molecule has 0 unspecified atom stereocenters. The van der Waals surface area contributed by atoms with Crippen molar-refractivity contribution in [2.75, 3.05) is 22.5 Å². The second-order valence-corrected chi connectivity index (χ2v) is 11.1. The van der Waals surface area contributed by atoms with Gasteiger partial charge in [-0.3, -0.25) is 4.79 Å². The van der Waals surface area contributed by atoms with Gasteiger partial charge in [-0.15, -0.1) is 11.8 Å². The molecule has 0 saturated carbocycles. The van der Waals surface area contributed by atoms with E-state index < -0.39 is 12.0 Å². The fraction of sp³-hybridized carbons (Fsp3) is 0.241. The molecule has 0 atom stereocenters. The number of thioether (sulfide) groups is 1. The van der Waals surface area contributed by atoms with Crippen LogP contribution < -0.4 is 15.6 Å². The van der Waals surface area contributed by atoms with Crippen molar-refractivity contribution in [2.24, 2.45) is 5.10 Å². The van der Waals surface area contributed by atoms with Crippen LogP contribution in [0.4, 0.5) is 16.2 Å². The van der Waals surface area contributed by atoms with Gasteiger partial charge in [-0.25, -0.2) is 15.0 Å². The number of hydrogen-bond donors (Lipinski definition) is 3. The molecule has 1 heterocycles. The molecule has 3 amide bonds. The average molecular weight is 600 g/mol. The fourth-order valence-electron chi connectivity index (χ4n) is 4.17. The molecule has 0 aliphatic carbocycles. The first-order valence-electron chi connectivity index (χ1n) is 12.8. The van der Waals surface area contributed by atoms with Crippen LogP contribution in [0.25, 0.3) is 0 Å². The van der Waals surface area contributed by atoms with E-state index in [2.05, 4.69) is 22.8 Å². The van der Waals surface area contributed by atoms with Gasteiger partial charge >= 0.3 is 12.0 Å². The van der Waals surface area contributed by atoms with Crippen LogP contribution in [0.1, 0.15) is 47.7 Å². The summed E-state index contributed by atoms with van der Waals surface area (Å²) in [4.78, 5) is 39.6. The number of aryl methyl sites for hydroxylation is 1. The predicted molar refractivity (Wildman–Crippen MR) is 161 cm³/mol. The highest BCUT2D eigenvalue weighted by Gasteiger charge is 2.34. The van der Waals surface area contributed by atoms with E-state index in [9.17, 15) is 14.4 Å². The van der Waals surface area contributed by atoms with Crippen molar-refractivity contribution in [3.8, 4) is 0 Å². The standard InChI is InChI=1S/C29H28Cl2N4O4S/c1-2-3-4-14-35-25-12-10-21(40-15-13-18-5-7-19(8-6-18)28(37)38)17-22(25)26(27(35)36)33-34-29(39)32-20-9-11-23(30)24(31)16-20/h5-12,16-17H,2-4,13-15H2,1H3,(H,37,38)(H2,32,34,39). The van der Waals surface area contributed by atoms with E-state index in [0.29, 0.717) is 27.8 Å². The maximum Gasteiger partial charge on any atom is 0.339 e. The lowest BCUT2D eigenvalue weighted by atomic mass is 10.1. The molecule has 4 rings (SSSR count). The number of hydrogen-bond acceptors (Lipinski definition) is 5. The molecular weight excluding hydrogens is 571 g/mol. The molecule has 3 N–H and O–H groups in total. The third kappa shape index (κ3) is 7.35. The smallest absolute Gasteiger partial charge is 0.339 e. The summed E-state index contributed by atoms with van der Waals surface area (Å²) in [5, 5.41) is 16.6. The number of carboxylic acids is 1. The van der Waals surface area contributed by atoms with Gasteiger partial charge in [0.15, 0.2) is 5.71 Å². The number of aromatic carboxylic acids is 1.